The smallest absolute Gasteiger partial charge is 0.255 e. The summed E-state index contributed by atoms with van der Waals surface area (Å²) in [7, 11) is 0. The van der Waals surface area contributed by atoms with Gasteiger partial charge in [-0.3, -0.25) is 9.78 Å². The largest absolute Gasteiger partial charge is 0.361 e. The number of likely N-dealkylation sites (tertiary alicyclic amines) is 1. The SMILES string of the molecule is Cc1ccc2nc(C)c(C)c(C(=O)N3CCC[C@H]3c3cc(C)on3)c2c1. The lowest BCUT2D eigenvalue weighted by Gasteiger charge is -2.25. The van der Waals surface area contributed by atoms with Crippen LogP contribution in [0, 0.1) is 27.7 Å². The average Bonchev–Trinajstić information content (AvgIpc) is 3.24. The number of rotatable bonds is 2. The van der Waals surface area contributed by atoms with Crippen molar-refractivity contribution in [1.29, 1.82) is 0 Å². The van der Waals surface area contributed by atoms with Gasteiger partial charge in [0.15, 0.2) is 0 Å². The Kier molecular flexibility index (Phi) is 4.02. The van der Waals surface area contributed by atoms with Crippen LogP contribution < -0.4 is 0 Å². The van der Waals surface area contributed by atoms with Gasteiger partial charge in [0.2, 0.25) is 0 Å². The lowest BCUT2D eigenvalue weighted by atomic mass is 9.98. The van der Waals surface area contributed by atoms with Crippen LogP contribution in [-0.2, 0) is 0 Å². The van der Waals surface area contributed by atoms with E-state index in [9.17, 15) is 4.79 Å². The second kappa shape index (κ2) is 6.24. The molecule has 1 saturated heterocycles. The van der Waals surface area contributed by atoms with Gasteiger partial charge >= 0.3 is 0 Å². The topological polar surface area (TPSA) is 59.2 Å². The van der Waals surface area contributed by atoms with Crippen LogP contribution in [0.25, 0.3) is 10.9 Å². The summed E-state index contributed by atoms with van der Waals surface area (Å²) in [4.78, 5) is 20.2. The molecule has 26 heavy (non-hydrogen) atoms. The van der Waals surface area contributed by atoms with Crippen LogP contribution in [0.5, 0.6) is 0 Å². The molecule has 1 aliphatic rings. The maximum absolute atomic E-state index is 13.6. The van der Waals surface area contributed by atoms with Crippen molar-refractivity contribution in [1.82, 2.24) is 15.0 Å². The maximum Gasteiger partial charge on any atom is 0.255 e. The van der Waals surface area contributed by atoms with Crippen molar-refractivity contribution in [2.45, 2.75) is 46.6 Å². The van der Waals surface area contributed by atoms with E-state index in [1.165, 1.54) is 0 Å². The Hall–Kier alpha value is -2.69. The molecule has 0 radical (unpaired) electrons. The third-order valence-corrected chi connectivity index (χ3v) is 5.34. The Morgan fingerprint density at radius 1 is 1.19 bits per heavy atom. The highest BCUT2D eigenvalue weighted by molar-refractivity contribution is 6.08. The molecular formula is C21H23N3O2. The summed E-state index contributed by atoms with van der Waals surface area (Å²) in [6, 6.07) is 8.01. The van der Waals surface area contributed by atoms with E-state index in [0.717, 1.165) is 64.1 Å². The number of nitrogens with zero attached hydrogens (tertiary/aromatic N) is 3. The first-order valence-electron chi connectivity index (χ1n) is 9.07. The van der Waals surface area contributed by atoms with Crippen molar-refractivity contribution in [2.24, 2.45) is 0 Å². The summed E-state index contributed by atoms with van der Waals surface area (Å²) in [6.07, 6.45) is 1.89. The van der Waals surface area contributed by atoms with Crippen LogP contribution in [0.3, 0.4) is 0 Å². The second-order valence-electron chi connectivity index (χ2n) is 7.24. The van der Waals surface area contributed by atoms with Crippen molar-refractivity contribution in [3.63, 3.8) is 0 Å². The predicted molar refractivity (Wildman–Crippen MR) is 100 cm³/mol. The Balaban J connectivity index is 1.83. The van der Waals surface area contributed by atoms with Crippen molar-refractivity contribution in [2.75, 3.05) is 6.54 Å². The zero-order valence-corrected chi connectivity index (χ0v) is 15.7. The third-order valence-electron chi connectivity index (χ3n) is 5.34. The van der Waals surface area contributed by atoms with Gasteiger partial charge in [-0.1, -0.05) is 16.8 Å². The number of hydrogen-bond donors (Lipinski definition) is 0. The number of aryl methyl sites for hydroxylation is 3. The number of aromatic nitrogens is 2. The van der Waals surface area contributed by atoms with Crippen LogP contribution in [0.15, 0.2) is 28.8 Å². The normalized spacial score (nSPS) is 17.2. The van der Waals surface area contributed by atoms with Crippen molar-refractivity contribution >= 4 is 16.8 Å². The molecule has 1 atom stereocenters. The van der Waals surface area contributed by atoms with Gasteiger partial charge in [0.1, 0.15) is 11.5 Å². The average molecular weight is 349 g/mol. The van der Waals surface area contributed by atoms with Gasteiger partial charge in [-0.25, -0.2) is 0 Å². The van der Waals surface area contributed by atoms with Crippen molar-refractivity contribution in [3.05, 3.63) is 58.1 Å². The molecule has 0 aliphatic carbocycles. The Morgan fingerprint density at radius 2 is 2.00 bits per heavy atom. The minimum atomic E-state index is -0.0207. The standard InChI is InChI=1S/C21H23N3O2/c1-12-7-8-17-16(10-12)20(14(3)15(4)22-17)21(25)24-9-5-6-19(24)18-11-13(2)26-23-18/h7-8,10-11,19H,5-6,9H2,1-4H3/t19-/m0/s1. The van der Waals surface area contributed by atoms with Gasteiger partial charge in [-0.15, -0.1) is 0 Å². The number of benzene rings is 1. The van der Waals surface area contributed by atoms with Crippen molar-refractivity contribution in [3.8, 4) is 0 Å². The fourth-order valence-corrected chi connectivity index (χ4v) is 3.87. The van der Waals surface area contributed by atoms with Crippen LogP contribution in [0.1, 0.15) is 57.5 Å². The summed E-state index contributed by atoms with van der Waals surface area (Å²) in [5.74, 6) is 0.836. The molecular weight excluding hydrogens is 326 g/mol. The molecule has 2 aromatic heterocycles. The Bertz CT molecular complexity index is 1010. The summed E-state index contributed by atoms with van der Waals surface area (Å²) < 4.78 is 5.24. The number of amides is 1. The highest BCUT2D eigenvalue weighted by Gasteiger charge is 2.34. The van der Waals surface area contributed by atoms with E-state index in [4.69, 9.17) is 4.52 Å². The Morgan fingerprint density at radius 3 is 2.73 bits per heavy atom. The third kappa shape index (κ3) is 2.68. The van der Waals surface area contributed by atoms with E-state index in [1.807, 2.05) is 50.8 Å². The molecule has 3 heterocycles. The Labute approximate surface area is 153 Å². The number of carbonyl (C=O) groups is 1. The molecule has 1 aliphatic heterocycles. The molecule has 0 unspecified atom stereocenters. The highest BCUT2D eigenvalue weighted by atomic mass is 16.5. The van der Waals surface area contributed by atoms with E-state index >= 15 is 0 Å². The van der Waals surface area contributed by atoms with Gasteiger partial charge in [0.25, 0.3) is 5.91 Å². The number of fused-ring (bicyclic) bond motifs is 1. The predicted octanol–water partition coefficient (Wildman–Crippen LogP) is 4.43. The zero-order valence-electron chi connectivity index (χ0n) is 15.7. The zero-order chi connectivity index (χ0) is 18.4. The fourth-order valence-electron chi connectivity index (χ4n) is 3.87. The molecule has 3 aromatic rings. The molecule has 0 spiro atoms. The van der Waals surface area contributed by atoms with Crippen LogP contribution in [-0.4, -0.2) is 27.5 Å². The lowest BCUT2D eigenvalue weighted by Crippen LogP contribution is -2.31. The summed E-state index contributed by atoms with van der Waals surface area (Å²) >= 11 is 0. The number of carbonyl (C=O) groups excluding carboxylic acids is 1. The molecule has 0 N–H and O–H groups in total. The molecule has 0 saturated carbocycles. The first kappa shape index (κ1) is 16.8. The van der Waals surface area contributed by atoms with Gasteiger partial charge in [-0.2, -0.15) is 0 Å². The summed E-state index contributed by atoms with van der Waals surface area (Å²) in [5.41, 5.74) is 5.46. The molecule has 1 aromatic carbocycles. The minimum Gasteiger partial charge on any atom is -0.361 e. The summed E-state index contributed by atoms with van der Waals surface area (Å²) in [6.45, 7) is 8.62. The quantitative estimate of drug-likeness (QED) is 0.686. The van der Waals surface area contributed by atoms with Gasteiger partial charge in [0, 0.05) is 23.7 Å². The van der Waals surface area contributed by atoms with E-state index in [1.54, 1.807) is 0 Å². The number of hydrogen-bond acceptors (Lipinski definition) is 4. The molecule has 1 amide bonds. The molecule has 1 fully saturated rings. The van der Waals surface area contributed by atoms with Gasteiger partial charge < -0.3 is 9.42 Å². The molecule has 5 nitrogen and oxygen atoms in total. The lowest BCUT2D eigenvalue weighted by molar-refractivity contribution is 0.0732. The second-order valence-corrected chi connectivity index (χ2v) is 7.24. The first-order valence-corrected chi connectivity index (χ1v) is 9.07. The van der Waals surface area contributed by atoms with Crippen molar-refractivity contribution < 1.29 is 9.32 Å². The molecule has 5 heteroatoms. The van der Waals surface area contributed by atoms with Crippen LogP contribution in [0.2, 0.25) is 0 Å². The van der Waals surface area contributed by atoms with Crippen LogP contribution in [0.4, 0.5) is 0 Å². The monoisotopic (exact) mass is 349 g/mol. The maximum atomic E-state index is 13.6. The van der Waals surface area contributed by atoms with Gasteiger partial charge in [0.05, 0.1) is 17.1 Å². The first-order chi connectivity index (χ1) is 12.5. The van der Waals surface area contributed by atoms with E-state index in [2.05, 4.69) is 16.2 Å². The summed E-state index contributed by atoms with van der Waals surface area (Å²) in [5, 5.41) is 5.09. The molecule has 0 bridgehead atoms. The van der Waals surface area contributed by atoms with E-state index in [0.29, 0.717) is 0 Å². The van der Waals surface area contributed by atoms with Gasteiger partial charge in [-0.05, 0) is 58.2 Å². The van der Waals surface area contributed by atoms with E-state index in [-0.39, 0.29) is 11.9 Å². The number of pyridine rings is 1. The van der Waals surface area contributed by atoms with Crippen LogP contribution >= 0.6 is 0 Å². The molecule has 134 valence electrons. The fraction of sp³-hybridized carbons (Fsp3) is 0.381. The highest BCUT2D eigenvalue weighted by Crippen LogP contribution is 2.35. The molecule has 4 rings (SSSR count). The van der Waals surface area contributed by atoms with E-state index < -0.39 is 0 Å². The minimum absolute atomic E-state index is 0.0207.